The molecule has 0 fully saturated rings. The first-order chi connectivity index (χ1) is 14.7. The minimum Gasteiger partial charge on any atom is -0.384 e. The van der Waals surface area contributed by atoms with E-state index in [1.165, 1.54) is 0 Å². The van der Waals surface area contributed by atoms with Gasteiger partial charge in [0.1, 0.15) is 11.5 Å². The molecule has 3 aromatic heterocycles. The highest BCUT2D eigenvalue weighted by Gasteiger charge is 2.10. The molecular weight excluding hydrogens is 374 g/mol. The lowest BCUT2D eigenvalue weighted by molar-refractivity contribution is 0.425. The van der Waals surface area contributed by atoms with Crippen molar-refractivity contribution in [1.82, 2.24) is 29.8 Å². The zero-order chi connectivity index (χ0) is 20.5. The lowest BCUT2D eigenvalue weighted by Gasteiger charge is -2.11. The van der Waals surface area contributed by atoms with Crippen molar-refractivity contribution in [3.63, 3.8) is 0 Å². The number of aromatic amines is 2. The van der Waals surface area contributed by atoms with Gasteiger partial charge < -0.3 is 20.2 Å². The van der Waals surface area contributed by atoms with Crippen LogP contribution in [0.3, 0.4) is 0 Å². The summed E-state index contributed by atoms with van der Waals surface area (Å²) in [6.07, 6.45) is 1.77. The van der Waals surface area contributed by atoms with Crippen LogP contribution in [0.1, 0.15) is 0 Å². The second-order valence-electron chi connectivity index (χ2n) is 7.58. The van der Waals surface area contributed by atoms with Crippen molar-refractivity contribution in [1.29, 1.82) is 0 Å². The van der Waals surface area contributed by atoms with E-state index in [0.29, 0.717) is 0 Å². The standard InChI is InChI=1S/C23H23N7/c1-30(2)12-11-24-16-7-9-18-21(14-16)28-22(26-18)15-6-8-17-20(13-15)29-23(27-17)19-5-3-4-10-25-19/h3-10,13-14,24H,11-12H2,1-2H3,(H,26,28)(H,27,29). The molecule has 5 rings (SSSR count). The van der Waals surface area contributed by atoms with Gasteiger partial charge in [0.25, 0.3) is 0 Å². The Hall–Kier alpha value is -3.71. The van der Waals surface area contributed by atoms with Crippen LogP contribution in [0.25, 0.3) is 45.0 Å². The summed E-state index contributed by atoms with van der Waals surface area (Å²) in [6.45, 7) is 1.88. The predicted molar refractivity (Wildman–Crippen MR) is 121 cm³/mol. The summed E-state index contributed by atoms with van der Waals surface area (Å²) in [5.74, 6) is 1.60. The molecule has 150 valence electrons. The number of hydrogen-bond donors (Lipinski definition) is 3. The molecule has 0 aliphatic rings. The fourth-order valence-electron chi connectivity index (χ4n) is 3.46. The van der Waals surface area contributed by atoms with E-state index in [-0.39, 0.29) is 0 Å². The highest BCUT2D eigenvalue weighted by molar-refractivity contribution is 5.86. The van der Waals surface area contributed by atoms with Crippen LogP contribution in [0.4, 0.5) is 5.69 Å². The van der Waals surface area contributed by atoms with E-state index in [4.69, 9.17) is 4.98 Å². The first kappa shape index (κ1) is 18.3. The number of fused-ring (bicyclic) bond motifs is 2. The third-order valence-electron chi connectivity index (χ3n) is 5.03. The Labute approximate surface area is 174 Å². The minimum atomic E-state index is 0.765. The monoisotopic (exact) mass is 397 g/mol. The fourth-order valence-corrected chi connectivity index (χ4v) is 3.46. The summed E-state index contributed by atoms with van der Waals surface area (Å²) >= 11 is 0. The van der Waals surface area contributed by atoms with Gasteiger partial charge >= 0.3 is 0 Å². The first-order valence-corrected chi connectivity index (χ1v) is 9.96. The molecule has 30 heavy (non-hydrogen) atoms. The number of nitrogens with one attached hydrogen (secondary N) is 3. The Balaban J connectivity index is 1.44. The van der Waals surface area contributed by atoms with Gasteiger partial charge in [-0.25, -0.2) is 9.97 Å². The molecule has 0 unspecified atom stereocenters. The molecule has 0 spiro atoms. The number of benzene rings is 2. The van der Waals surface area contributed by atoms with Crippen molar-refractivity contribution >= 4 is 27.8 Å². The normalized spacial score (nSPS) is 11.6. The molecule has 7 heteroatoms. The number of aromatic nitrogens is 5. The number of imidazole rings is 2. The van der Waals surface area contributed by atoms with Crippen molar-refractivity contribution in [3.8, 4) is 22.9 Å². The molecule has 3 heterocycles. The van der Waals surface area contributed by atoms with Crippen molar-refractivity contribution < 1.29 is 0 Å². The summed E-state index contributed by atoms with van der Waals surface area (Å²) in [5, 5.41) is 3.45. The lowest BCUT2D eigenvalue weighted by Crippen LogP contribution is -2.20. The summed E-state index contributed by atoms with van der Waals surface area (Å²) < 4.78 is 0. The van der Waals surface area contributed by atoms with Gasteiger partial charge in [0.05, 0.1) is 22.1 Å². The quantitative estimate of drug-likeness (QED) is 0.401. The number of likely N-dealkylation sites (N-methyl/N-ethyl adjacent to an activating group) is 1. The van der Waals surface area contributed by atoms with E-state index in [2.05, 4.69) is 62.4 Å². The molecule has 0 bridgehead atoms. The number of H-pyrrole nitrogens is 2. The number of rotatable bonds is 6. The summed E-state index contributed by atoms with van der Waals surface area (Å²) in [6, 6.07) is 18.1. The maximum Gasteiger partial charge on any atom is 0.157 e. The van der Waals surface area contributed by atoms with Crippen molar-refractivity contribution in [2.24, 2.45) is 0 Å². The molecule has 0 saturated heterocycles. The van der Waals surface area contributed by atoms with Crippen molar-refractivity contribution in [3.05, 3.63) is 60.8 Å². The van der Waals surface area contributed by atoms with Crippen molar-refractivity contribution in [2.75, 3.05) is 32.5 Å². The van der Waals surface area contributed by atoms with Gasteiger partial charge in [-0.05, 0) is 62.6 Å². The lowest BCUT2D eigenvalue weighted by atomic mass is 10.2. The molecule has 0 aliphatic carbocycles. The Bertz CT molecular complexity index is 1300. The molecule has 0 aliphatic heterocycles. The van der Waals surface area contributed by atoms with Gasteiger partial charge in [0.15, 0.2) is 5.82 Å². The first-order valence-electron chi connectivity index (χ1n) is 9.96. The summed E-state index contributed by atoms with van der Waals surface area (Å²) in [7, 11) is 4.14. The van der Waals surface area contributed by atoms with Gasteiger partial charge in [-0.2, -0.15) is 0 Å². The zero-order valence-electron chi connectivity index (χ0n) is 17.0. The third kappa shape index (κ3) is 3.62. The third-order valence-corrected chi connectivity index (χ3v) is 5.03. The summed E-state index contributed by atoms with van der Waals surface area (Å²) in [5.41, 5.74) is 6.75. The van der Waals surface area contributed by atoms with E-state index >= 15 is 0 Å². The molecule has 2 aromatic carbocycles. The summed E-state index contributed by atoms with van der Waals surface area (Å²) in [4.78, 5) is 22.8. The van der Waals surface area contributed by atoms with Crippen LogP contribution >= 0.6 is 0 Å². The number of anilines is 1. The van der Waals surface area contributed by atoms with Gasteiger partial charge in [-0.3, -0.25) is 4.98 Å². The highest BCUT2D eigenvalue weighted by atomic mass is 15.1. The second kappa shape index (κ2) is 7.61. The average Bonchev–Trinajstić information content (AvgIpc) is 3.37. The van der Waals surface area contributed by atoms with Crippen LogP contribution < -0.4 is 5.32 Å². The Morgan fingerprint density at radius 2 is 1.63 bits per heavy atom. The molecule has 7 nitrogen and oxygen atoms in total. The maximum absolute atomic E-state index is 4.77. The van der Waals surface area contributed by atoms with Crippen LogP contribution in [0.2, 0.25) is 0 Å². The van der Waals surface area contributed by atoms with E-state index in [0.717, 1.165) is 63.7 Å². The van der Waals surface area contributed by atoms with Crippen LogP contribution in [0.5, 0.6) is 0 Å². The molecule has 0 radical (unpaired) electrons. The van der Waals surface area contributed by atoms with Gasteiger partial charge in [-0.15, -0.1) is 0 Å². The predicted octanol–water partition coefficient (Wildman–Crippen LogP) is 4.14. The largest absolute Gasteiger partial charge is 0.384 e. The highest BCUT2D eigenvalue weighted by Crippen LogP contribution is 2.26. The maximum atomic E-state index is 4.77. The van der Waals surface area contributed by atoms with Crippen LogP contribution in [0, 0.1) is 0 Å². The number of pyridine rings is 1. The SMILES string of the molecule is CN(C)CCNc1ccc2nc(-c3ccc4nc(-c5ccccn5)[nH]c4c3)[nH]c2c1. The number of nitrogens with zero attached hydrogens (tertiary/aromatic N) is 4. The van der Waals surface area contributed by atoms with Crippen LogP contribution in [-0.4, -0.2) is 57.0 Å². The Kier molecular flexibility index (Phi) is 4.65. The van der Waals surface area contributed by atoms with E-state index in [9.17, 15) is 0 Å². The molecule has 0 atom stereocenters. The van der Waals surface area contributed by atoms with Crippen LogP contribution in [-0.2, 0) is 0 Å². The Morgan fingerprint density at radius 3 is 2.43 bits per heavy atom. The zero-order valence-corrected chi connectivity index (χ0v) is 17.0. The second-order valence-corrected chi connectivity index (χ2v) is 7.58. The fraction of sp³-hybridized carbons (Fsp3) is 0.174. The topological polar surface area (TPSA) is 85.5 Å². The molecule has 5 aromatic rings. The van der Waals surface area contributed by atoms with E-state index in [1.54, 1.807) is 6.20 Å². The number of hydrogen-bond acceptors (Lipinski definition) is 5. The van der Waals surface area contributed by atoms with E-state index < -0.39 is 0 Å². The molecule has 0 saturated carbocycles. The average molecular weight is 397 g/mol. The minimum absolute atomic E-state index is 0.765. The van der Waals surface area contributed by atoms with Crippen LogP contribution in [0.15, 0.2) is 60.8 Å². The van der Waals surface area contributed by atoms with Gasteiger partial charge in [0.2, 0.25) is 0 Å². The smallest absolute Gasteiger partial charge is 0.157 e. The van der Waals surface area contributed by atoms with Crippen molar-refractivity contribution in [2.45, 2.75) is 0 Å². The molecule has 0 amide bonds. The van der Waals surface area contributed by atoms with E-state index in [1.807, 2.05) is 36.4 Å². The Morgan fingerprint density at radius 1 is 0.867 bits per heavy atom. The van der Waals surface area contributed by atoms with Gasteiger partial charge in [0, 0.05) is 30.5 Å². The molecule has 3 N–H and O–H groups in total. The van der Waals surface area contributed by atoms with Gasteiger partial charge in [-0.1, -0.05) is 6.07 Å². The molecular formula is C23H23N7.